The van der Waals surface area contributed by atoms with Crippen molar-refractivity contribution in [3.8, 4) is 11.5 Å². The van der Waals surface area contributed by atoms with E-state index in [0.29, 0.717) is 17.9 Å². The second kappa shape index (κ2) is 14.2. The molecule has 3 rings (SSSR count). The molecule has 0 bridgehead atoms. The highest BCUT2D eigenvalue weighted by molar-refractivity contribution is 7.92. The Bertz CT molecular complexity index is 1460. The Hall–Kier alpha value is -3.76. The SMILES string of the molecule is CCCNC(=O)C(C)N(Cc1cccc(OC)c1)C(=O)CN(c1cc(Cl)ccc1OC)S(=O)(=O)c1ccc(C)cc1. The Morgan fingerprint density at radius 1 is 1.00 bits per heavy atom. The van der Waals surface area contributed by atoms with Gasteiger partial charge in [-0.3, -0.25) is 13.9 Å². The number of hydrogen-bond acceptors (Lipinski definition) is 6. The molecule has 0 aromatic heterocycles. The lowest BCUT2D eigenvalue weighted by Crippen LogP contribution is -2.51. The summed E-state index contributed by atoms with van der Waals surface area (Å²) in [4.78, 5) is 28.4. The van der Waals surface area contributed by atoms with Gasteiger partial charge >= 0.3 is 0 Å². The van der Waals surface area contributed by atoms with E-state index in [1.807, 2.05) is 13.8 Å². The number of nitrogens with one attached hydrogen (secondary N) is 1. The van der Waals surface area contributed by atoms with Gasteiger partial charge in [0.2, 0.25) is 11.8 Å². The lowest BCUT2D eigenvalue weighted by molar-refractivity contribution is -0.139. The van der Waals surface area contributed by atoms with E-state index in [1.54, 1.807) is 49.4 Å². The lowest BCUT2D eigenvalue weighted by Gasteiger charge is -2.32. The first-order chi connectivity index (χ1) is 19.5. The van der Waals surface area contributed by atoms with Crippen molar-refractivity contribution in [2.75, 3.05) is 31.6 Å². The van der Waals surface area contributed by atoms with Gasteiger partial charge < -0.3 is 19.7 Å². The molecular weight excluding hydrogens is 566 g/mol. The molecule has 0 radical (unpaired) electrons. The number of benzene rings is 3. The molecular formula is C30H36ClN3O6S. The van der Waals surface area contributed by atoms with Crippen LogP contribution in [0.5, 0.6) is 11.5 Å². The minimum Gasteiger partial charge on any atom is -0.497 e. The van der Waals surface area contributed by atoms with Crippen molar-refractivity contribution in [1.29, 1.82) is 0 Å². The predicted octanol–water partition coefficient (Wildman–Crippen LogP) is 4.80. The predicted molar refractivity (Wildman–Crippen MR) is 160 cm³/mol. The second-order valence-corrected chi connectivity index (χ2v) is 11.8. The van der Waals surface area contributed by atoms with Crippen LogP contribution in [-0.4, -0.2) is 58.5 Å². The third-order valence-corrected chi connectivity index (χ3v) is 8.51. The third-order valence-electron chi connectivity index (χ3n) is 6.50. The molecule has 0 saturated carbocycles. The fourth-order valence-corrected chi connectivity index (χ4v) is 5.74. The number of anilines is 1. The van der Waals surface area contributed by atoms with Crippen LogP contribution >= 0.6 is 11.6 Å². The Kier molecular flexibility index (Phi) is 11.0. The minimum atomic E-state index is -4.27. The highest BCUT2D eigenvalue weighted by Crippen LogP contribution is 2.35. The molecule has 0 spiro atoms. The summed E-state index contributed by atoms with van der Waals surface area (Å²) in [6, 6.07) is 17.1. The number of sulfonamides is 1. The summed E-state index contributed by atoms with van der Waals surface area (Å²) in [6.07, 6.45) is 0.722. The summed E-state index contributed by atoms with van der Waals surface area (Å²) >= 11 is 6.27. The minimum absolute atomic E-state index is 0.00832. The van der Waals surface area contributed by atoms with E-state index in [9.17, 15) is 18.0 Å². The van der Waals surface area contributed by atoms with Crippen molar-refractivity contribution in [3.05, 3.63) is 82.9 Å². The van der Waals surface area contributed by atoms with Crippen molar-refractivity contribution in [1.82, 2.24) is 10.2 Å². The molecule has 1 atom stereocenters. The monoisotopic (exact) mass is 601 g/mol. The van der Waals surface area contributed by atoms with E-state index in [-0.39, 0.29) is 33.8 Å². The molecule has 0 heterocycles. The smallest absolute Gasteiger partial charge is 0.264 e. The molecule has 0 aliphatic carbocycles. The number of halogens is 1. The maximum atomic E-state index is 14.1. The summed E-state index contributed by atoms with van der Waals surface area (Å²) in [5, 5.41) is 3.08. The third kappa shape index (κ3) is 7.92. The van der Waals surface area contributed by atoms with Gasteiger partial charge in [0, 0.05) is 18.1 Å². The Morgan fingerprint density at radius 2 is 1.71 bits per heavy atom. The van der Waals surface area contributed by atoms with Crippen LogP contribution in [0.4, 0.5) is 5.69 Å². The number of rotatable bonds is 13. The highest BCUT2D eigenvalue weighted by atomic mass is 35.5. The largest absolute Gasteiger partial charge is 0.497 e. The molecule has 220 valence electrons. The average molecular weight is 602 g/mol. The van der Waals surface area contributed by atoms with Crippen molar-refractivity contribution >= 4 is 39.1 Å². The number of carbonyl (C=O) groups excluding carboxylic acids is 2. The molecule has 0 aliphatic rings. The first-order valence-corrected chi connectivity index (χ1v) is 15.0. The topological polar surface area (TPSA) is 105 Å². The van der Waals surface area contributed by atoms with Gasteiger partial charge in [-0.1, -0.05) is 48.4 Å². The zero-order chi connectivity index (χ0) is 30.2. The number of methoxy groups -OCH3 is 2. The summed E-state index contributed by atoms with van der Waals surface area (Å²) in [5.74, 6) is -0.141. The van der Waals surface area contributed by atoms with Crippen LogP contribution in [0.25, 0.3) is 0 Å². The molecule has 0 saturated heterocycles. The standard InChI is InChI=1S/C30H36ClN3O6S/c1-6-16-32-30(36)22(3)33(19-23-8-7-9-25(17-23)39-4)29(35)20-34(27-18-24(31)12-15-28(27)40-5)41(37,38)26-13-10-21(2)11-14-26/h7-15,17-18,22H,6,16,19-20H2,1-5H3,(H,32,36). The highest BCUT2D eigenvalue weighted by Gasteiger charge is 2.34. The quantitative estimate of drug-likeness (QED) is 0.302. The summed E-state index contributed by atoms with van der Waals surface area (Å²) in [6.45, 7) is 5.26. The number of nitrogens with zero attached hydrogens (tertiary/aromatic N) is 2. The fraction of sp³-hybridized carbons (Fsp3) is 0.333. The van der Waals surface area contributed by atoms with E-state index in [0.717, 1.165) is 16.3 Å². The lowest BCUT2D eigenvalue weighted by atomic mass is 10.1. The molecule has 41 heavy (non-hydrogen) atoms. The fourth-order valence-electron chi connectivity index (χ4n) is 4.15. The molecule has 2 amide bonds. The maximum Gasteiger partial charge on any atom is 0.264 e. The van der Waals surface area contributed by atoms with Crippen molar-refractivity contribution in [3.63, 3.8) is 0 Å². The van der Waals surface area contributed by atoms with Gasteiger partial charge in [-0.25, -0.2) is 8.42 Å². The van der Waals surface area contributed by atoms with Gasteiger partial charge in [-0.2, -0.15) is 0 Å². The first kappa shape index (κ1) is 31.8. The molecule has 9 nitrogen and oxygen atoms in total. The van der Waals surface area contributed by atoms with Gasteiger partial charge in [0.25, 0.3) is 10.0 Å². The number of ether oxygens (including phenoxy) is 2. The van der Waals surface area contributed by atoms with Crippen molar-refractivity contribution < 1.29 is 27.5 Å². The van der Waals surface area contributed by atoms with Gasteiger partial charge in [0.15, 0.2) is 0 Å². The normalized spacial score (nSPS) is 11.9. The van der Waals surface area contributed by atoms with Crippen LogP contribution in [0.15, 0.2) is 71.6 Å². The van der Waals surface area contributed by atoms with E-state index in [2.05, 4.69) is 5.32 Å². The van der Waals surface area contributed by atoms with Crippen LogP contribution in [0, 0.1) is 6.92 Å². The maximum absolute atomic E-state index is 14.1. The zero-order valence-electron chi connectivity index (χ0n) is 23.9. The van der Waals surface area contributed by atoms with Crippen molar-refractivity contribution in [2.45, 2.75) is 44.7 Å². The molecule has 0 aliphatic heterocycles. The van der Waals surface area contributed by atoms with Crippen LogP contribution < -0.4 is 19.1 Å². The van der Waals surface area contributed by atoms with Crippen LogP contribution in [-0.2, 0) is 26.2 Å². The van der Waals surface area contributed by atoms with Gasteiger partial charge in [-0.15, -0.1) is 0 Å². The molecule has 11 heteroatoms. The molecule has 0 fully saturated rings. The van der Waals surface area contributed by atoms with E-state index in [1.165, 1.54) is 43.4 Å². The number of carbonyl (C=O) groups is 2. The van der Waals surface area contributed by atoms with Crippen LogP contribution in [0.1, 0.15) is 31.4 Å². The summed E-state index contributed by atoms with van der Waals surface area (Å²) in [5.41, 5.74) is 1.68. The molecule has 3 aromatic carbocycles. The number of hydrogen-bond donors (Lipinski definition) is 1. The first-order valence-electron chi connectivity index (χ1n) is 13.1. The van der Waals surface area contributed by atoms with Crippen LogP contribution in [0.3, 0.4) is 0 Å². The van der Waals surface area contributed by atoms with Crippen LogP contribution in [0.2, 0.25) is 5.02 Å². The van der Waals surface area contributed by atoms with Gasteiger partial charge in [0.05, 0.1) is 24.8 Å². The molecule has 1 unspecified atom stereocenters. The zero-order valence-corrected chi connectivity index (χ0v) is 25.5. The van der Waals surface area contributed by atoms with Gasteiger partial charge in [-0.05, 0) is 68.3 Å². The van der Waals surface area contributed by atoms with E-state index >= 15 is 0 Å². The summed E-state index contributed by atoms with van der Waals surface area (Å²) in [7, 11) is -1.33. The van der Waals surface area contributed by atoms with Crippen molar-refractivity contribution in [2.24, 2.45) is 0 Å². The van der Waals surface area contributed by atoms with Gasteiger partial charge in [0.1, 0.15) is 24.1 Å². The Balaban J connectivity index is 2.10. The Morgan fingerprint density at radius 3 is 2.34 bits per heavy atom. The number of amides is 2. The number of aryl methyl sites for hydroxylation is 1. The second-order valence-electron chi connectivity index (χ2n) is 9.48. The average Bonchev–Trinajstić information content (AvgIpc) is 2.97. The van der Waals surface area contributed by atoms with E-state index < -0.39 is 28.5 Å². The molecule has 3 aromatic rings. The van der Waals surface area contributed by atoms with E-state index in [4.69, 9.17) is 21.1 Å². The molecule has 1 N–H and O–H groups in total. The Labute approximate surface area is 247 Å². The summed E-state index contributed by atoms with van der Waals surface area (Å²) < 4.78 is 39.8.